The Bertz CT molecular complexity index is 407. The Hall–Kier alpha value is -0.870. The van der Waals surface area contributed by atoms with Gasteiger partial charge in [0, 0.05) is 32.1 Å². The van der Waals surface area contributed by atoms with Gasteiger partial charge in [-0.2, -0.15) is 0 Å². The van der Waals surface area contributed by atoms with Crippen LogP contribution < -0.4 is 5.32 Å². The van der Waals surface area contributed by atoms with Crippen molar-refractivity contribution < 1.29 is 4.74 Å². The smallest absolute Gasteiger partial charge is 0.125 e. The Morgan fingerprint density at radius 1 is 1.47 bits per heavy atom. The summed E-state index contributed by atoms with van der Waals surface area (Å²) in [6.45, 7) is 3.23. The number of hydrogen-bond acceptors (Lipinski definition) is 3. The standard InChI is InChI=1S/C15H25N3O/c1-11(10-13-4-3-9-19-13)17-14(12-5-6-12)15-16-7-8-18(15)2/h7-8,11-14,17H,3-6,9-10H2,1-2H3/t11-,13+,14-/m1/s1. The van der Waals surface area contributed by atoms with E-state index in [9.17, 15) is 0 Å². The average Bonchev–Trinajstić information content (AvgIpc) is 2.94. The van der Waals surface area contributed by atoms with Crippen LogP contribution in [0.25, 0.3) is 0 Å². The maximum atomic E-state index is 5.73. The third-order valence-corrected chi connectivity index (χ3v) is 4.33. The van der Waals surface area contributed by atoms with Crippen molar-refractivity contribution in [3.8, 4) is 0 Å². The average molecular weight is 263 g/mol. The summed E-state index contributed by atoms with van der Waals surface area (Å²) in [5, 5.41) is 3.79. The van der Waals surface area contributed by atoms with Gasteiger partial charge in [-0.15, -0.1) is 0 Å². The van der Waals surface area contributed by atoms with Gasteiger partial charge in [-0.3, -0.25) is 0 Å². The largest absolute Gasteiger partial charge is 0.378 e. The number of hydrogen-bond donors (Lipinski definition) is 1. The highest BCUT2D eigenvalue weighted by molar-refractivity contribution is 5.05. The van der Waals surface area contributed by atoms with Crippen molar-refractivity contribution >= 4 is 0 Å². The highest BCUT2D eigenvalue weighted by Gasteiger charge is 2.35. The van der Waals surface area contributed by atoms with Gasteiger partial charge in [0.05, 0.1) is 12.1 Å². The molecule has 4 nitrogen and oxygen atoms in total. The SMILES string of the molecule is C[C@H](C[C@@H]1CCCO1)N[C@@H](c1nccn1C)C1CC1. The van der Waals surface area contributed by atoms with E-state index in [2.05, 4.69) is 28.8 Å². The molecule has 0 bridgehead atoms. The number of aryl methyl sites for hydroxylation is 1. The fourth-order valence-corrected chi connectivity index (χ4v) is 3.13. The molecule has 1 N–H and O–H groups in total. The zero-order valence-electron chi connectivity index (χ0n) is 12.0. The highest BCUT2D eigenvalue weighted by atomic mass is 16.5. The molecule has 1 aromatic rings. The summed E-state index contributed by atoms with van der Waals surface area (Å²) < 4.78 is 7.88. The molecule has 0 amide bonds. The molecule has 0 spiro atoms. The van der Waals surface area contributed by atoms with Crippen LogP contribution in [0, 0.1) is 5.92 Å². The van der Waals surface area contributed by atoms with Crippen LogP contribution in [0.1, 0.15) is 50.9 Å². The molecular formula is C15H25N3O. The number of nitrogens with zero attached hydrogens (tertiary/aromatic N) is 2. The molecule has 4 heteroatoms. The van der Waals surface area contributed by atoms with Crippen LogP contribution in [0.4, 0.5) is 0 Å². The van der Waals surface area contributed by atoms with Crippen molar-refractivity contribution in [2.45, 2.75) is 57.2 Å². The summed E-state index contributed by atoms with van der Waals surface area (Å²) in [7, 11) is 2.09. The van der Waals surface area contributed by atoms with Crippen LogP contribution in [0.2, 0.25) is 0 Å². The van der Waals surface area contributed by atoms with Crippen LogP contribution >= 0.6 is 0 Å². The maximum absolute atomic E-state index is 5.73. The van der Waals surface area contributed by atoms with E-state index in [1.165, 1.54) is 31.5 Å². The number of aromatic nitrogens is 2. The van der Waals surface area contributed by atoms with E-state index in [4.69, 9.17) is 4.74 Å². The van der Waals surface area contributed by atoms with E-state index in [1.807, 2.05) is 12.4 Å². The summed E-state index contributed by atoms with van der Waals surface area (Å²) in [4.78, 5) is 4.53. The second-order valence-electron chi connectivity index (χ2n) is 6.15. The van der Waals surface area contributed by atoms with Crippen LogP contribution in [0.5, 0.6) is 0 Å². The molecule has 1 aliphatic heterocycles. The van der Waals surface area contributed by atoms with Gasteiger partial charge in [0.1, 0.15) is 5.82 Å². The van der Waals surface area contributed by atoms with Gasteiger partial charge in [0.25, 0.3) is 0 Å². The van der Waals surface area contributed by atoms with Crippen molar-refractivity contribution in [3.63, 3.8) is 0 Å². The maximum Gasteiger partial charge on any atom is 0.125 e. The fourth-order valence-electron chi connectivity index (χ4n) is 3.13. The molecule has 0 unspecified atom stereocenters. The number of nitrogens with one attached hydrogen (secondary N) is 1. The molecule has 106 valence electrons. The van der Waals surface area contributed by atoms with Gasteiger partial charge in [0.15, 0.2) is 0 Å². The van der Waals surface area contributed by atoms with Crippen molar-refractivity contribution in [3.05, 3.63) is 18.2 Å². The molecule has 3 rings (SSSR count). The van der Waals surface area contributed by atoms with Gasteiger partial charge in [-0.1, -0.05) is 0 Å². The molecule has 1 saturated carbocycles. The Kier molecular flexibility index (Phi) is 3.89. The number of ether oxygens (including phenoxy) is 1. The predicted octanol–water partition coefficient (Wildman–Crippen LogP) is 2.42. The van der Waals surface area contributed by atoms with Crippen molar-refractivity contribution in [2.75, 3.05) is 6.61 Å². The first-order valence-corrected chi connectivity index (χ1v) is 7.59. The van der Waals surface area contributed by atoms with E-state index in [0.29, 0.717) is 18.2 Å². The zero-order valence-corrected chi connectivity index (χ0v) is 12.0. The summed E-state index contributed by atoms with van der Waals surface area (Å²) >= 11 is 0. The molecule has 0 radical (unpaired) electrons. The molecule has 19 heavy (non-hydrogen) atoms. The lowest BCUT2D eigenvalue weighted by Crippen LogP contribution is -2.35. The van der Waals surface area contributed by atoms with Crippen LogP contribution in [-0.4, -0.2) is 28.3 Å². The van der Waals surface area contributed by atoms with E-state index in [0.717, 1.165) is 18.9 Å². The summed E-state index contributed by atoms with van der Waals surface area (Å²) in [6.07, 6.45) is 10.6. The van der Waals surface area contributed by atoms with Crippen LogP contribution in [-0.2, 0) is 11.8 Å². The molecule has 1 aliphatic carbocycles. The van der Waals surface area contributed by atoms with E-state index in [1.54, 1.807) is 0 Å². The topological polar surface area (TPSA) is 39.1 Å². The quantitative estimate of drug-likeness (QED) is 0.856. The number of rotatable bonds is 6. The second-order valence-corrected chi connectivity index (χ2v) is 6.15. The van der Waals surface area contributed by atoms with Gasteiger partial charge < -0.3 is 14.6 Å². The first kappa shape index (κ1) is 13.1. The monoisotopic (exact) mass is 263 g/mol. The van der Waals surface area contributed by atoms with Crippen LogP contribution in [0.3, 0.4) is 0 Å². The van der Waals surface area contributed by atoms with E-state index in [-0.39, 0.29) is 0 Å². The number of imidazole rings is 1. The van der Waals surface area contributed by atoms with Crippen molar-refractivity contribution in [1.82, 2.24) is 14.9 Å². The Labute approximate surface area is 115 Å². The zero-order chi connectivity index (χ0) is 13.2. The second kappa shape index (κ2) is 5.63. The summed E-state index contributed by atoms with van der Waals surface area (Å²) in [5.41, 5.74) is 0. The molecular weight excluding hydrogens is 238 g/mol. The predicted molar refractivity (Wildman–Crippen MR) is 74.9 cm³/mol. The minimum Gasteiger partial charge on any atom is -0.378 e. The third-order valence-electron chi connectivity index (χ3n) is 4.33. The van der Waals surface area contributed by atoms with Gasteiger partial charge >= 0.3 is 0 Å². The molecule has 2 aliphatic rings. The lowest BCUT2D eigenvalue weighted by atomic mass is 10.1. The van der Waals surface area contributed by atoms with Crippen LogP contribution in [0.15, 0.2) is 12.4 Å². The Morgan fingerprint density at radius 2 is 2.32 bits per heavy atom. The minimum atomic E-state index is 0.413. The molecule has 0 aromatic carbocycles. The lowest BCUT2D eigenvalue weighted by molar-refractivity contribution is 0.0943. The minimum absolute atomic E-state index is 0.413. The molecule has 2 fully saturated rings. The first-order chi connectivity index (χ1) is 9.24. The molecule has 2 heterocycles. The normalized spacial score (nSPS) is 26.5. The lowest BCUT2D eigenvalue weighted by Gasteiger charge is -2.24. The van der Waals surface area contributed by atoms with E-state index >= 15 is 0 Å². The fraction of sp³-hybridized carbons (Fsp3) is 0.800. The van der Waals surface area contributed by atoms with E-state index < -0.39 is 0 Å². The van der Waals surface area contributed by atoms with Crippen molar-refractivity contribution in [2.24, 2.45) is 13.0 Å². The van der Waals surface area contributed by atoms with Gasteiger partial charge in [-0.25, -0.2) is 4.98 Å². The first-order valence-electron chi connectivity index (χ1n) is 7.59. The van der Waals surface area contributed by atoms with Gasteiger partial charge in [0.2, 0.25) is 0 Å². The highest BCUT2D eigenvalue weighted by Crippen LogP contribution is 2.40. The molecule has 1 saturated heterocycles. The Morgan fingerprint density at radius 3 is 2.89 bits per heavy atom. The van der Waals surface area contributed by atoms with Gasteiger partial charge in [-0.05, 0) is 44.9 Å². The molecule has 3 atom stereocenters. The third kappa shape index (κ3) is 3.18. The molecule has 1 aromatic heterocycles. The summed E-state index contributed by atoms with van der Waals surface area (Å²) in [5.74, 6) is 1.95. The summed E-state index contributed by atoms with van der Waals surface area (Å²) in [6, 6.07) is 0.904. The Balaban J connectivity index is 1.60. The van der Waals surface area contributed by atoms with Crippen molar-refractivity contribution in [1.29, 1.82) is 0 Å².